The second kappa shape index (κ2) is 3.97. The Morgan fingerprint density at radius 2 is 2.00 bits per heavy atom. The van der Waals surface area contributed by atoms with Crippen molar-refractivity contribution in [2.75, 3.05) is 5.32 Å². The van der Waals surface area contributed by atoms with Crippen LogP contribution in [0.15, 0.2) is 47.4 Å². The number of rotatable bonds is 1. The first kappa shape index (κ1) is 11.3. The van der Waals surface area contributed by atoms with Crippen molar-refractivity contribution in [1.29, 1.82) is 0 Å². The molecule has 3 heterocycles. The third kappa shape index (κ3) is 1.32. The molecular weight excluding hydrogens is 248 g/mol. The molecule has 0 aliphatic carbocycles. The number of aryl methyl sites for hydroxylation is 1. The molecule has 0 bridgehead atoms. The fraction of sp³-hybridized carbons (Fsp3) is 0.118. The van der Waals surface area contributed by atoms with Crippen LogP contribution in [0.25, 0.3) is 22.5 Å². The minimum absolute atomic E-state index is 0.0144. The molecule has 20 heavy (non-hydrogen) atoms. The normalized spacial score (nSPS) is 12.8. The molecule has 3 heteroatoms. The zero-order valence-corrected chi connectivity index (χ0v) is 11.2. The minimum atomic E-state index is 0.0144. The first-order valence-electron chi connectivity index (χ1n) is 6.83. The van der Waals surface area contributed by atoms with Gasteiger partial charge in [0.2, 0.25) is 0 Å². The minimum Gasteiger partial charge on any atom is -0.360 e. The van der Waals surface area contributed by atoms with Gasteiger partial charge in [-0.15, -0.1) is 0 Å². The van der Waals surface area contributed by atoms with Crippen molar-refractivity contribution in [3.8, 4) is 0 Å². The molecule has 0 atom stereocenters. The lowest BCUT2D eigenvalue weighted by atomic mass is 10.1. The van der Waals surface area contributed by atoms with Crippen LogP contribution in [0.4, 0.5) is 5.69 Å². The maximum absolute atomic E-state index is 12.5. The number of para-hydroxylation sites is 1. The zero-order chi connectivity index (χ0) is 13.7. The quantitative estimate of drug-likeness (QED) is 0.729. The summed E-state index contributed by atoms with van der Waals surface area (Å²) in [6, 6.07) is 11.7. The van der Waals surface area contributed by atoms with Gasteiger partial charge in [-0.1, -0.05) is 31.2 Å². The number of hydrogen-bond donors (Lipinski definition) is 1. The first-order valence-corrected chi connectivity index (χ1v) is 6.83. The molecule has 0 unspecified atom stereocenters. The van der Waals surface area contributed by atoms with E-state index in [0.717, 1.165) is 39.7 Å². The molecule has 3 aromatic rings. The predicted octanol–water partition coefficient (Wildman–Crippen LogP) is 3.41. The van der Waals surface area contributed by atoms with Crippen LogP contribution in [0.2, 0.25) is 0 Å². The number of nitrogens with one attached hydrogen (secondary N) is 1. The topological polar surface area (TPSA) is 33.5 Å². The molecule has 0 radical (unpaired) electrons. The van der Waals surface area contributed by atoms with Gasteiger partial charge in [-0.05, 0) is 24.1 Å². The molecule has 3 nitrogen and oxygen atoms in total. The Bertz CT molecular complexity index is 935. The summed E-state index contributed by atoms with van der Waals surface area (Å²) in [4.78, 5) is 12.5. The van der Waals surface area contributed by atoms with Crippen molar-refractivity contribution in [3.63, 3.8) is 0 Å². The number of benzene rings is 1. The molecule has 98 valence electrons. The lowest BCUT2D eigenvalue weighted by Crippen LogP contribution is -2.08. The fourth-order valence-corrected chi connectivity index (χ4v) is 3.05. The summed E-state index contributed by atoms with van der Waals surface area (Å²) in [5.74, 6) is 0. The predicted molar refractivity (Wildman–Crippen MR) is 83.2 cm³/mol. The number of nitrogens with zero attached hydrogens (tertiary/aromatic N) is 1. The summed E-state index contributed by atoms with van der Waals surface area (Å²) >= 11 is 0. The van der Waals surface area contributed by atoms with Gasteiger partial charge in [0.05, 0.1) is 16.7 Å². The van der Waals surface area contributed by atoms with Gasteiger partial charge in [-0.2, -0.15) is 0 Å². The molecule has 1 aromatic carbocycles. The molecule has 1 N–H and O–H groups in total. The molecule has 1 aliphatic rings. The largest absolute Gasteiger partial charge is 0.360 e. The maximum Gasteiger partial charge on any atom is 0.255 e. The van der Waals surface area contributed by atoms with Crippen LogP contribution in [0, 0.1) is 0 Å². The third-order valence-electron chi connectivity index (χ3n) is 3.98. The van der Waals surface area contributed by atoms with E-state index in [4.69, 9.17) is 0 Å². The molecule has 4 rings (SSSR count). The fourth-order valence-electron chi connectivity index (χ4n) is 3.05. The van der Waals surface area contributed by atoms with Crippen molar-refractivity contribution >= 4 is 28.2 Å². The maximum atomic E-state index is 12.5. The average Bonchev–Trinajstić information content (AvgIpc) is 2.74. The number of anilines is 1. The summed E-state index contributed by atoms with van der Waals surface area (Å²) in [5.41, 5.74) is 5.29. The molecule has 1 aliphatic heterocycles. The van der Waals surface area contributed by atoms with E-state index in [9.17, 15) is 4.79 Å². The van der Waals surface area contributed by atoms with Crippen molar-refractivity contribution in [1.82, 2.24) is 4.40 Å². The van der Waals surface area contributed by atoms with Gasteiger partial charge in [0.1, 0.15) is 0 Å². The van der Waals surface area contributed by atoms with E-state index in [-0.39, 0.29) is 5.56 Å². The lowest BCUT2D eigenvalue weighted by Gasteiger charge is -2.11. The van der Waals surface area contributed by atoms with Crippen LogP contribution in [0.1, 0.15) is 18.1 Å². The monoisotopic (exact) mass is 262 g/mol. The molecule has 0 amide bonds. The van der Waals surface area contributed by atoms with E-state index in [1.54, 1.807) is 6.07 Å². The number of aromatic nitrogens is 1. The summed E-state index contributed by atoms with van der Waals surface area (Å²) in [7, 11) is 0. The zero-order valence-electron chi connectivity index (χ0n) is 11.2. The van der Waals surface area contributed by atoms with Crippen molar-refractivity contribution in [2.45, 2.75) is 13.3 Å². The van der Waals surface area contributed by atoms with Gasteiger partial charge >= 0.3 is 0 Å². The van der Waals surface area contributed by atoms with Gasteiger partial charge in [-0.25, -0.2) is 0 Å². The summed E-state index contributed by atoms with van der Waals surface area (Å²) in [6.45, 7) is 2.11. The van der Waals surface area contributed by atoms with Gasteiger partial charge in [0.25, 0.3) is 5.56 Å². The Balaban J connectivity index is 2.41. The SMILES string of the molecule is CCc1ccc(=O)n2c3c1NC=Cc3c1ccccc12. The van der Waals surface area contributed by atoms with E-state index in [0.29, 0.717) is 0 Å². The summed E-state index contributed by atoms with van der Waals surface area (Å²) in [6.07, 6.45) is 4.89. The van der Waals surface area contributed by atoms with Gasteiger partial charge < -0.3 is 5.32 Å². The lowest BCUT2D eigenvalue weighted by molar-refractivity contribution is 1.15. The van der Waals surface area contributed by atoms with Crippen LogP contribution < -0.4 is 10.9 Å². The molecule has 0 saturated carbocycles. The standard InChI is InChI=1S/C17H14N2O/c1-2-11-7-8-15(20)19-14-6-4-3-5-12(14)13-9-10-18-16(11)17(13)19/h3-10,18H,2H2,1H3. The van der Waals surface area contributed by atoms with Crippen LogP contribution in [-0.4, -0.2) is 4.40 Å². The highest BCUT2D eigenvalue weighted by Crippen LogP contribution is 2.35. The second-order valence-electron chi connectivity index (χ2n) is 5.02. The Hall–Kier alpha value is -2.55. The average molecular weight is 262 g/mol. The van der Waals surface area contributed by atoms with E-state index in [1.807, 2.05) is 40.9 Å². The van der Waals surface area contributed by atoms with Crippen molar-refractivity contribution in [3.05, 3.63) is 64.1 Å². The van der Waals surface area contributed by atoms with Gasteiger partial charge in [-0.3, -0.25) is 9.20 Å². The number of fused-ring (bicyclic) bond motifs is 3. The number of hydrogen-bond acceptors (Lipinski definition) is 2. The van der Waals surface area contributed by atoms with Crippen LogP contribution in [0.3, 0.4) is 0 Å². The highest BCUT2D eigenvalue weighted by molar-refractivity contribution is 6.04. The molecule has 0 saturated heterocycles. The summed E-state index contributed by atoms with van der Waals surface area (Å²) < 4.78 is 1.82. The van der Waals surface area contributed by atoms with Gasteiger partial charge in [0, 0.05) is 23.2 Å². The Kier molecular flexibility index (Phi) is 2.24. The van der Waals surface area contributed by atoms with Crippen molar-refractivity contribution < 1.29 is 0 Å². The van der Waals surface area contributed by atoms with Crippen molar-refractivity contribution in [2.24, 2.45) is 0 Å². The Labute approximate surface area is 116 Å². The van der Waals surface area contributed by atoms with E-state index in [2.05, 4.69) is 18.3 Å². The van der Waals surface area contributed by atoms with Crippen LogP contribution >= 0.6 is 0 Å². The van der Waals surface area contributed by atoms with E-state index >= 15 is 0 Å². The molecule has 0 fully saturated rings. The molecule has 2 aromatic heterocycles. The van der Waals surface area contributed by atoms with Crippen LogP contribution in [0.5, 0.6) is 0 Å². The highest BCUT2D eigenvalue weighted by atomic mass is 16.1. The smallest absolute Gasteiger partial charge is 0.255 e. The Morgan fingerprint density at radius 3 is 2.85 bits per heavy atom. The van der Waals surface area contributed by atoms with Crippen LogP contribution in [-0.2, 0) is 6.42 Å². The molecular formula is C17H14N2O. The first-order chi connectivity index (χ1) is 9.81. The molecule has 0 spiro atoms. The van der Waals surface area contributed by atoms with E-state index < -0.39 is 0 Å². The second-order valence-corrected chi connectivity index (χ2v) is 5.02. The Morgan fingerprint density at radius 1 is 1.15 bits per heavy atom. The summed E-state index contributed by atoms with van der Waals surface area (Å²) in [5, 5.41) is 4.44. The highest BCUT2D eigenvalue weighted by Gasteiger charge is 2.17. The third-order valence-corrected chi connectivity index (χ3v) is 3.98. The van der Waals surface area contributed by atoms with E-state index in [1.165, 1.54) is 0 Å². The van der Waals surface area contributed by atoms with Gasteiger partial charge in [0.15, 0.2) is 0 Å².